The lowest BCUT2D eigenvalue weighted by atomic mass is 10.0. The number of aryl methyl sites for hydroxylation is 2. The summed E-state index contributed by atoms with van der Waals surface area (Å²) >= 11 is 0. The van der Waals surface area contributed by atoms with Gasteiger partial charge in [-0.05, 0) is 43.9 Å². The van der Waals surface area contributed by atoms with Gasteiger partial charge in [-0.15, -0.1) is 0 Å². The first-order chi connectivity index (χ1) is 22.7. The van der Waals surface area contributed by atoms with Crippen molar-refractivity contribution in [2.75, 3.05) is 6.54 Å². The van der Waals surface area contributed by atoms with Crippen molar-refractivity contribution >= 4 is 34.7 Å². The molecule has 0 saturated heterocycles. The lowest BCUT2D eigenvalue weighted by Gasteiger charge is -2.23. The molecular formula is C34H41N7O6. The molecule has 0 aliphatic carbocycles. The van der Waals surface area contributed by atoms with Gasteiger partial charge in [0.05, 0.1) is 17.1 Å². The number of para-hydroxylation sites is 2. The summed E-state index contributed by atoms with van der Waals surface area (Å²) in [7, 11) is 0. The minimum Gasteiger partial charge on any atom is -0.446 e. The molecule has 47 heavy (non-hydrogen) atoms. The van der Waals surface area contributed by atoms with Crippen LogP contribution in [0.2, 0.25) is 0 Å². The largest absolute Gasteiger partial charge is 0.446 e. The molecule has 13 nitrogen and oxygen atoms in total. The fourth-order valence-electron chi connectivity index (χ4n) is 5.68. The summed E-state index contributed by atoms with van der Waals surface area (Å²) in [5, 5.41) is 21.4. The first kappa shape index (κ1) is 33.3. The average molecular weight is 644 g/mol. The van der Waals surface area contributed by atoms with Crippen molar-refractivity contribution in [3.63, 3.8) is 0 Å². The van der Waals surface area contributed by atoms with Gasteiger partial charge in [0.1, 0.15) is 30.2 Å². The van der Waals surface area contributed by atoms with Gasteiger partial charge in [-0.25, -0.2) is 9.97 Å². The molecule has 1 aliphatic rings. The van der Waals surface area contributed by atoms with Crippen LogP contribution < -0.4 is 21.3 Å². The summed E-state index contributed by atoms with van der Waals surface area (Å²) in [6.07, 6.45) is 2.46. The highest BCUT2D eigenvalue weighted by Gasteiger charge is 2.30. The van der Waals surface area contributed by atoms with Crippen molar-refractivity contribution in [2.45, 2.75) is 83.1 Å². The third kappa shape index (κ3) is 8.41. The standard InChI is InChI=1S/C34H41N7O6/c1-3-28-36-23-13-7-8-15-27(23)41(28)18-16-29(43)37-24-14-9-10-17-35-33(46)30(21(2)42)40-32(45)26-20-47-34(39-26)25(38-31(24)44)19-22-11-5-4-6-12-22/h4-8,11-13,15,20-21,24-25,30,42H,3,9-10,14,16-19H2,1-2H3,(H,35,46)(H,37,43)(H,38,44)(H,40,45)/t21-,24+,25+,30+/m1/s1. The van der Waals surface area contributed by atoms with Gasteiger partial charge in [0.25, 0.3) is 5.91 Å². The molecule has 0 unspecified atom stereocenters. The van der Waals surface area contributed by atoms with E-state index < -0.39 is 42.0 Å². The summed E-state index contributed by atoms with van der Waals surface area (Å²) < 4.78 is 7.71. The number of hydrogen-bond acceptors (Lipinski definition) is 8. The van der Waals surface area contributed by atoms with E-state index in [0.29, 0.717) is 38.6 Å². The monoisotopic (exact) mass is 643 g/mol. The van der Waals surface area contributed by atoms with E-state index in [1.54, 1.807) is 0 Å². The van der Waals surface area contributed by atoms with E-state index in [2.05, 4.69) is 31.2 Å². The molecule has 5 N–H and O–H groups in total. The maximum absolute atomic E-state index is 13.8. The van der Waals surface area contributed by atoms with Crippen molar-refractivity contribution in [1.82, 2.24) is 35.8 Å². The second-order valence-corrected chi connectivity index (χ2v) is 11.7. The lowest BCUT2D eigenvalue weighted by molar-refractivity contribution is -0.129. The van der Waals surface area contributed by atoms with Crippen molar-refractivity contribution in [3.05, 3.63) is 83.8 Å². The van der Waals surface area contributed by atoms with Crippen LogP contribution >= 0.6 is 0 Å². The number of benzene rings is 2. The number of oxazole rings is 1. The number of carbonyl (C=O) groups is 4. The minimum absolute atomic E-state index is 0.0849. The zero-order valence-electron chi connectivity index (χ0n) is 26.6. The first-order valence-electron chi connectivity index (χ1n) is 16.0. The summed E-state index contributed by atoms with van der Waals surface area (Å²) in [5.74, 6) is -1.00. The van der Waals surface area contributed by atoms with Crippen LogP contribution in [0.3, 0.4) is 0 Å². The van der Waals surface area contributed by atoms with Gasteiger partial charge in [-0.2, -0.15) is 0 Å². The quantitative estimate of drug-likeness (QED) is 0.194. The van der Waals surface area contributed by atoms with Gasteiger partial charge in [0.2, 0.25) is 23.6 Å². The number of imidazole rings is 1. The van der Waals surface area contributed by atoms with E-state index in [4.69, 9.17) is 4.42 Å². The summed E-state index contributed by atoms with van der Waals surface area (Å²) in [6.45, 7) is 4.08. The van der Waals surface area contributed by atoms with Crippen LogP contribution in [0.1, 0.15) is 73.3 Å². The van der Waals surface area contributed by atoms with E-state index >= 15 is 0 Å². The molecule has 13 heteroatoms. The van der Waals surface area contributed by atoms with Crippen LogP contribution in [0, 0.1) is 0 Å². The van der Waals surface area contributed by atoms with Crippen LogP contribution in [0.15, 0.2) is 65.3 Å². The molecule has 1 aliphatic heterocycles. The van der Waals surface area contributed by atoms with Gasteiger partial charge >= 0.3 is 0 Å². The number of rotatable bonds is 8. The molecule has 4 amide bonds. The van der Waals surface area contributed by atoms with Crippen molar-refractivity contribution in [2.24, 2.45) is 0 Å². The predicted octanol–water partition coefficient (Wildman–Crippen LogP) is 2.34. The number of hydrogen-bond donors (Lipinski definition) is 5. The minimum atomic E-state index is -1.21. The van der Waals surface area contributed by atoms with Crippen LogP contribution in [-0.4, -0.2) is 68.0 Å². The second-order valence-electron chi connectivity index (χ2n) is 11.7. The van der Waals surface area contributed by atoms with Crippen LogP contribution in [0.4, 0.5) is 0 Å². The van der Waals surface area contributed by atoms with E-state index in [0.717, 1.165) is 28.7 Å². The molecule has 3 heterocycles. The van der Waals surface area contributed by atoms with Gasteiger partial charge in [0.15, 0.2) is 5.69 Å². The highest BCUT2D eigenvalue weighted by Crippen LogP contribution is 2.20. The highest BCUT2D eigenvalue weighted by atomic mass is 16.3. The average Bonchev–Trinajstić information content (AvgIpc) is 3.70. The molecule has 2 bridgehead atoms. The maximum atomic E-state index is 13.8. The molecule has 2 aromatic carbocycles. The Morgan fingerprint density at radius 3 is 2.57 bits per heavy atom. The lowest BCUT2D eigenvalue weighted by Crippen LogP contribution is -2.52. The van der Waals surface area contributed by atoms with Crippen molar-refractivity contribution in [3.8, 4) is 0 Å². The molecule has 4 aromatic rings. The summed E-state index contributed by atoms with van der Waals surface area (Å²) in [5.41, 5.74) is 2.59. The Morgan fingerprint density at radius 2 is 1.81 bits per heavy atom. The molecule has 0 saturated carbocycles. The Balaban J connectivity index is 1.37. The number of aromatic nitrogens is 3. The van der Waals surface area contributed by atoms with E-state index in [9.17, 15) is 24.3 Å². The topological polar surface area (TPSA) is 180 Å². The number of fused-ring (bicyclic) bond motifs is 3. The maximum Gasteiger partial charge on any atom is 0.273 e. The zero-order valence-corrected chi connectivity index (χ0v) is 26.6. The Morgan fingerprint density at radius 1 is 1.04 bits per heavy atom. The Labute approximate surface area is 272 Å². The van der Waals surface area contributed by atoms with Crippen molar-refractivity contribution in [1.29, 1.82) is 0 Å². The number of carbonyl (C=O) groups excluding carboxylic acids is 4. The number of aliphatic hydroxyl groups is 1. The SMILES string of the molecule is CCc1nc2ccccc2n1CCC(=O)N[C@H]1CCCCNC(=O)[C@H]([C@@H](C)O)NC(=O)c2coc(n2)[C@H](Cc2ccccc2)NC1=O. The number of nitrogens with one attached hydrogen (secondary N) is 4. The van der Waals surface area contributed by atoms with E-state index in [-0.39, 0.29) is 30.5 Å². The number of amides is 4. The fourth-order valence-corrected chi connectivity index (χ4v) is 5.68. The van der Waals surface area contributed by atoms with Gasteiger partial charge in [-0.3, -0.25) is 19.2 Å². The van der Waals surface area contributed by atoms with Gasteiger partial charge in [0, 0.05) is 32.4 Å². The summed E-state index contributed by atoms with van der Waals surface area (Å²) in [6, 6.07) is 14.4. The molecule has 2 aromatic heterocycles. The number of aliphatic hydroxyl groups excluding tert-OH is 1. The Bertz CT molecular complexity index is 1700. The first-order valence-corrected chi connectivity index (χ1v) is 16.0. The van der Waals surface area contributed by atoms with Crippen LogP contribution in [0.5, 0.6) is 0 Å². The zero-order chi connectivity index (χ0) is 33.3. The molecule has 5 rings (SSSR count). The highest BCUT2D eigenvalue weighted by molar-refractivity contribution is 5.96. The number of nitrogens with zero attached hydrogens (tertiary/aromatic N) is 3. The van der Waals surface area contributed by atoms with Crippen LogP contribution in [-0.2, 0) is 33.8 Å². The molecule has 4 atom stereocenters. The van der Waals surface area contributed by atoms with E-state index in [1.807, 2.05) is 66.1 Å². The molecule has 248 valence electrons. The third-order valence-corrected chi connectivity index (χ3v) is 8.19. The second kappa shape index (κ2) is 15.5. The molecule has 0 fully saturated rings. The van der Waals surface area contributed by atoms with E-state index in [1.165, 1.54) is 6.92 Å². The van der Waals surface area contributed by atoms with Gasteiger partial charge in [-0.1, -0.05) is 49.4 Å². The normalized spacial score (nSPS) is 20.2. The predicted molar refractivity (Wildman–Crippen MR) is 173 cm³/mol. The van der Waals surface area contributed by atoms with Gasteiger partial charge < -0.3 is 35.4 Å². The fraction of sp³-hybridized carbons (Fsp3) is 0.412. The third-order valence-electron chi connectivity index (χ3n) is 8.19. The molecule has 0 radical (unpaired) electrons. The summed E-state index contributed by atoms with van der Waals surface area (Å²) in [4.78, 5) is 61.9. The van der Waals surface area contributed by atoms with Crippen LogP contribution in [0.25, 0.3) is 11.0 Å². The molecule has 0 spiro atoms. The Kier molecular flexibility index (Phi) is 11.0. The van der Waals surface area contributed by atoms with Crippen molar-refractivity contribution < 1.29 is 28.7 Å². The molecular weight excluding hydrogens is 602 g/mol. The smallest absolute Gasteiger partial charge is 0.273 e. The Hall–Kier alpha value is -5.04.